The monoisotopic (exact) mass is 412 g/mol. The smallest absolute Gasteiger partial charge is 0.148 e. The van der Waals surface area contributed by atoms with Crippen LogP contribution in [-0.4, -0.2) is 64.3 Å². The van der Waals surface area contributed by atoms with E-state index in [0.717, 1.165) is 24.5 Å². The largest absolute Gasteiger partial charge is 0.243 e. The summed E-state index contributed by atoms with van der Waals surface area (Å²) in [5.41, 5.74) is 0.459. The minimum Gasteiger partial charge on any atom is -0.243 e. The van der Waals surface area contributed by atoms with Gasteiger partial charge < -0.3 is 0 Å². The molecule has 2 N–H and O–H groups in total. The summed E-state index contributed by atoms with van der Waals surface area (Å²) >= 11 is 4.12. The third-order valence-corrected chi connectivity index (χ3v) is 6.63. The molecular formula is C17H32N8S2. The van der Waals surface area contributed by atoms with Crippen molar-refractivity contribution in [3.05, 3.63) is 11.6 Å². The standard InChI is InChI=1S/C17H32N8S2/c1-16(2,12-14-18-22-23-19-14)6-10-26-8-5-9-27-11-7-17(3,4)13-15-20-24-25-21-15/h5-13H2,1-4H3,(H,18,19,22,23)(H,20,21,24,25). The van der Waals surface area contributed by atoms with E-state index in [-0.39, 0.29) is 10.8 Å². The maximum absolute atomic E-state index is 3.99. The van der Waals surface area contributed by atoms with Crippen molar-refractivity contribution in [1.82, 2.24) is 41.2 Å². The molecule has 2 aromatic heterocycles. The van der Waals surface area contributed by atoms with Crippen LogP contribution in [0, 0.1) is 10.8 Å². The molecular weight excluding hydrogens is 380 g/mol. The highest BCUT2D eigenvalue weighted by Crippen LogP contribution is 2.28. The van der Waals surface area contributed by atoms with E-state index in [2.05, 4.69) is 92.5 Å². The molecule has 8 nitrogen and oxygen atoms in total. The summed E-state index contributed by atoms with van der Waals surface area (Å²) in [5, 5.41) is 28.3. The molecule has 10 heteroatoms. The van der Waals surface area contributed by atoms with Gasteiger partial charge in [-0.05, 0) is 74.0 Å². The fraction of sp³-hybridized carbons (Fsp3) is 0.882. The van der Waals surface area contributed by atoms with E-state index in [0.29, 0.717) is 0 Å². The van der Waals surface area contributed by atoms with Crippen LogP contribution in [0.2, 0.25) is 0 Å². The van der Waals surface area contributed by atoms with E-state index < -0.39 is 0 Å². The first-order chi connectivity index (χ1) is 12.9. The number of nitrogens with one attached hydrogen (secondary N) is 2. The van der Waals surface area contributed by atoms with Gasteiger partial charge in [0.15, 0.2) is 0 Å². The quantitative estimate of drug-likeness (QED) is 0.455. The summed E-state index contributed by atoms with van der Waals surface area (Å²) in [6.45, 7) is 9.12. The number of hydrogen-bond donors (Lipinski definition) is 2. The minimum atomic E-state index is 0.230. The Bertz CT molecular complexity index is 559. The Labute approximate surface area is 170 Å². The third kappa shape index (κ3) is 9.55. The Balaban J connectivity index is 1.45. The molecule has 0 radical (unpaired) electrons. The van der Waals surface area contributed by atoms with Gasteiger partial charge in [-0.15, -0.1) is 10.2 Å². The highest BCUT2D eigenvalue weighted by atomic mass is 32.2. The van der Waals surface area contributed by atoms with E-state index in [4.69, 9.17) is 0 Å². The zero-order valence-corrected chi connectivity index (χ0v) is 18.5. The second kappa shape index (κ2) is 11.0. The lowest BCUT2D eigenvalue weighted by molar-refractivity contribution is 0.344. The summed E-state index contributed by atoms with van der Waals surface area (Å²) in [6.07, 6.45) is 5.42. The topological polar surface area (TPSA) is 109 Å². The summed E-state index contributed by atoms with van der Waals surface area (Å²) in [4.78, 5) is 0. The van der Waals surface area contributed by atoms with Crippen LogP contribution in [0.3, 0.4) is 0 Å². The minimum absolute atomic E-state index is 0.230. The van der Waals surface area contributed by atoms with Gasteiger partial charge in [-0.25, -0.2) is 10.2 Å². The summed E-state index contributed by atoms with van der Waals surface area (Å²) < 4.78 is 0. The average molecular weight is 413 g/mol. The van der Waals surface area contributed by atoms with Crippen LogP contribution in [0.4, 0.5) is 0 Å². The molecule has 0 fully saturated rings. The molecule has 27 heavy (non-hydrogen) atoms. The molecule has 0 bridgehead atoms. The van der Waals surface area contributed by atoms with Crippen LogP contribution in [-0.2, 0) is 12.8 Å². The maximum atomic E-state index is 3.99. The molecule has 0 saturated heterocycles. The van der Waals surface area contributed by atoms with Gasteiger partial charge >= 0.3 is 0 Å². The maximum Gasteiger partial charge on any atom is 0.148 e. The van der Waals surface area contributed by atoms with Crippen LogP contribution in [0.15, 0.2) is 0 Å². The van der Waals surface area contributed by atoms with Crippen LogP contribution >= 0.6 is 23.5 Å². The van der Waals surface area contributed by atoms with Gasteiger partial charge in [0.25, 0.3) is 0 Å². The SMILES string of the molecule is CC(C)(CCSCCCSCCC(C)(C)Cc1nnn[nH]1)Cc1nnn[nH]1. The van der Waals surface area contributed by atoms with Crippen LogP contribution in [0.5, 0.6) is 0 Å². The summed E-state index contributed by atoms with van der Waals surface area (Å²) in [7, 11) is 0. The van der Waals surface area contributed by atoms with Crippen molar-refractivity contribution in [1.29, 1.82) is 0 Å². The van der Waals surface area contributed by atoms with Crippen LogP contribution in [0.1, 0.15) is 58.6 Å². The highest BCUT2D eigenvalue weighted by Gasteiger charge is 2.21. The van der Waals surface area contributed by atoms with Crippen LogP contribution < -0.4 is 0 Å². The van der Waals surface area contributed by atoms with Crippen LogP contribution in [0.25, 0.3) is 0 Å². The first-order valence-electron chi connectivity index (χ1n) is 9.47. The van der Waals surface area contributed by atoms with E-state index in [9.17, 15) is 0 Å². The molecule has 0 aliphatic carbocycles. The molecule has 0 aromatic carbocycles. The van der Waals surface area contributed by atoms with Gasteiger partial charge in [-0.2, -0.15) is 23.5 Å². The van der Waals surface area contributed by atoms with Gasteiger partial charge in [-0.1, -0.05) is 27.7 Å². The normalized spacial score (nSPS) is 12.6. The zero-order chi connectivity index (χ0) is 19.6. The van der Waals surface area contributed by atoms with E-state index in [1.807, 2.05) is 0 Å². The number of aromatic amines is 2. The fourth-order valence-corrected chi connectivity index (χ4v) is 5.44. The second-order valence-corrected chi connectivity index (χ2v) is 10.9. The molecule has 152 valence electrons. The molecule has 2 rings (SSSR count). The number of rotatable bonds is 14. The number of hydrogen-bond acceptors (Lipinski definition) is 8. The lowest BCUT2D eigenvalue weighted by Gasteiger charge is -2.23. The Morgan fingerprint density at radius 2 is 1.15 bits per heavy atom. The number of nitrogens with zero attached hydrogens (tertiary/aromatic N) is 6. The predicted octanol–water partition coefficient (Wildman–Crippen LogP) is 3.19. The van der Waals surface area contributed by atoms with Gasteiger partial charge in [0.05, 0.1) is 0 Å². The Morgan fingerprint density at radius 1 is 0.704 bits per heavy atom. The molecule has 0 spiro atoms. The molecule has 0 unspecified atom stereocenters. The predicted molar refractivity (Wildman–Crippen MR) is 112 cm³/mol. The zero-order valence-electron chi connectivity index (χ0n) is 16.9. The first-order valence-corrected chi connectivity index (χ1v) is 11.8. The fourth-order valence-electron chi connectivity index (χ4n) is 2.75. The van der Waals surface area contributed by atoms with Gasteiger partial charge in [0, 0.05) is 12.8 Å². The number of H-pyrrole nitrogens is 2. The van der Waals surface area contributed by atoms with Crippen molar-refractivity contribution < 1.29 is 0 Å². The van der Waals surface area contributed by atoms with E-state index in [1.54, 1.807) is 0 Å². The Morgan fingerprint density at radius 3 is 1.52 bits per heavy atom. The molecule has 2 heterocycles. The van der Waals surface area contributed by atoms with Crippen molar-refractivity contribution in [3.63, 3.8) is 0 Å². The number of thioether (sulfide) groups is 2. The number of aromatic nitrogens is 8. The molecule has 0 amide bonds. The van der Waals surface area contributed by atoms with Crippen molar-refractivity contribution in [2.45, 2.75) is 59.8 Å². The van der Waals surface area contributed by atoms with Gasteiger partial charge in [-0.3, -0.25) is 0 Å². The van der Waals surface area contributed by atoms with E-state index in [1.165, 1.54) is 42.3 Å². The lowest BCUT2D eigenvalue weighted by atomic mass is 9.86. The Hall–Kier alpha value is -1.16. The molecule has 0 aliphatic rings. The molecule has 0 saturated carbocycles. The summed E-state index contributed by atoms with van der Waals surface area (Å²) in [6, 6.07) is 0. The summed E-state index contributed by atoms with van der Waals surface area (Å²) in [5.74, 6) is 6.61. The highest BCUT2D eigenvalue weighted by molar-refractivity contribution is 8.00. The number of tetrazole rings is 2. The lowest BCUT2D eigenvalue weighted by Crippen LogP contribution is -2.17. The van der Waals surface area contributed by atoms with Crippen molar-refractivity contribution in [2.24, 2.45) is 10.8 Å². The van der Waals surface area contributed by atoms with Crippen molar-refractivity contribution in [2.75, 3.05) is 23.0 Å². The van der Waals surface area contributed by atoms with Crippen molar-refractivity contribution in [3.8, 4) is 0 Å². The van der Waals surface area contributed by atoms with E-state index >= 15 is 0 Å². The molecule has 0 aliphatic heterocycles. The van der Waals surface area contributed by atoms with Gasteiger partial charge in [0.2, 0.25) is 0 Å². The van der Waals surface area contributed by atoms with Gasteiger partial charge in [0.1, 0.15) is 11.6 Å². The average Bonchev–Trinajstić information content (AvgIpc) is 3.26. The van der Waals surface area contributed by atoms with Crippen molar-refractivity contribution >= 4 is 23.5 Å². The third-order valence-electron chi connectivity index (χ3n) is 4.49. The Kier molecular flexibility index (Phi) is 9.01. The molecule has 2 aromatic rings. The second-order valence-electron chi connectivity index (χ2n) is 8.46. The molecule has 0 atom stereocenters. The first kappa shape index (κ1) is 22.1.